The number of nitro benzene ring substituents is 1. The van der Waals surface area contributed by atoms with Crippen LogP contribution < -0.4 is 20.3 Å². The van der Waals surface area contributed by atoms with Gasteiger partial charge in [-0.3, -0.25) is 24.6 Å². The summed E-state index contributed by atoms with van der Waals surface area (Å²) in [6.07, 6.45) is 2.73. The first-order valence-corrected chi connectivity index (χ1v) is 11.3. The topological polar surface area (TPSA) is 143 Å². The zero-order chi connectivity index (χ0) is 25.3. The normalized spacial score (nSPS) is 15.3. The summed E-state index contributed by atoms with van der Waals surface area (Å²) in [6.45, 7) is 4.59. The third-order valence-corrected chi connectivity index (χ3v) is 6.16. The van der Waals surface area contributed by atoms with E-state index in [1.165, 1.54) is 54.8 Å². The van der Waals surface area contributed by atoms with Gasteiger partial charge in [0.15, 0.2) is 11.2 Å². The zero-order valence-corrected chi connectivity index (χ0v) is 19.8. The van der Waals surface area contributed by atoms with E-state index < -0.39 is 16.5 Å². The van der Waals surface area contributed by atoms with E-state index >= 15 is 0 Å². The highest BCUT2D eigenvalue weighted by Crippen LogP contribution is 2.56. The van der Waals surface area contributed by atoms with E-state index in [9.17, 15) is 24.5 Å². The Morgan fingerprint density at radius 1 is 1.11 bits per heavy atom. The van der Waals surface area contributed by atoms with E-state index in [1.807, 2.05) is 0 Å². The molecule has 2 N–H and O–H groups in total. The zero-order valence-electron chi connectivity index (χ0n) is 18.9. The number of non-ortho nitro benzene ring substituents is 1. The minimum Gasteiger partial charge on any atom is -0.453 e. The number of fused-ring (bicyclic) bond motifs is 3. The lowest BCUT2D eigenvalue weighted by molar-refractivity contribution is -0.384. The fourth-order valence-electron chi connectivity index (χ4n) is 3.60. The van der Waals surface area contributed by atoms with Crippen LogP contribution in [0.1, 0.15) is 20.8 Å². The molecule has 0 spiro atoms. The molecule has 4 rings (SSSR count). The van der Waals surface area contributed by atoms with Crippen molar-refractivity contribution in [3.8, 4) is 11.5 Å². The van der Waals surface area contributed by atoms with Gasteiger partial charge < -0.3 is 25.0 Å². The molecule has 0 radical (unpaired) electrons. The van der Waals surface area contributed by atoms with Crippen molar-refractivity contribution in [2.45, 2.75) is 31.2 Å². The molecule has 3 amide bonds. The summed E-state index contributed by atoms with van der Waals surface area (Å²) in [7, 11) is 0. The number of rotatable bonds is 6. The van der Waals surface area contributed by atoms with Crippen molar-refractivity contribution in [3.05, 3.63) is 52.8 Å². The van der Waals surface area contributed by atoms with Crippen LogP contribution in [0.4, 0.5) is 27.5 Å². The molecule has 0 saturated carbocycles. The van der Waals surface area contributed by atoms with E-state index in [0.29, 0.717) is 10.6 Å². The maximum absolute atomic E-state index is 12.4. The highest BCUT2D eigenvalue weighted by atomic mass is 32.2. The largest absolute Gasteiger partial charge is 0.453 e. The number of carbonyl (C=O) groups is 3. The highest BCUT2D eigenvalue weighted by molar-refractivity contribution is 8.00. The first-order valence-electron chi connectivity index (χ1n) is 10.5. The number of amides is 3. The number of hydrogen-bond acceptors (Lipinski definition) is 9. The van der Waals surface area contributed by atoms with Gasteiger partial charge in [0.25, 0.3) is 5.69 Å². The fraction of sp³-hybridized carbons (Fsp3) is 0.227. The summed E-state index contributed by atoms with van der Waals surface area (Å²) >= 11 is 1.33. The first kappa shape index (κ1) is 23.9. The van der Waals surface area contributed by atoms with E-state index in [4.69, 9.17) is 9.47 Å². The summed E-state index contributed by atoms with van der Waals surface area (Å²) in [5, 5.41) is 16.5. The van der Waals surface area contributed by atoms with Crippen LogP contribution in [0, 0.1) is 10.1 Å². The molecule has 0 fully saturated rings. The Morgan fingerprint density at radius 2 is 1.80 bits per heavy atom. The molecule has 0 bridgehead atoms. The molecule has 2 aliphatic heterocycles. The molecule has 0 aliphatic carbocycles. The molecule has 1 atom stereocenters. The smallest absolute Gasteiger partial charge is 0.416 e. The summed E-state index contributed by atoms with van der Waals surface area (Å²) in [6, 6.07) is 7.08. The van der Waals surface area contributed by atoms with E-state index in [1.54, 1.807) is 30.3 Å². The van der Waals surface area contributed by atoms with Crippen LogP contribution >= 0.6 is 11.8 Å². The van der Waals surface area contributed by atoms with Crippen LogP contribution in [0.5, 0.6) is 11.5 Å². The Labute approximate surface area is 204 Å². The summed E-state index contributed by atoms with van der Waals surface area (Å²) in [5.74, 6) is -0.378. The molecular formula is C22H21N5O7S. The molecule has 0 saturated heterocycles. The average molecular weight is 500 g/mol. The number of nitrogens with zero attached hydrogens (tertiary/aromatic N) is 3. The van der Waals surface area contributed by atoms with Gasteiger partial charge in [0.1, 0.15) is 11.4 Å². The maximum Gasteiger partial charge on any atom is 0.416 e. The van der Waals surface area contributed by atoms with E-state index in [-0.39, 0.29) is 47.0 Å². The van der Waals surface area contributed by atoms with E-state index in [2.05, 4.69) is 10.6 Å². The molecule has 1 unspecified atom stereocenters. The average Bonchev–Trinajstić information content (AvgIpc) is 3.34. The Hall–Kier alpha value is -4.26. The molecule has 2 heterocycles. The third-order valence-electron chi connectivity index (χ3n) is 4.93. The maximum atomic E-state index is 12.4. The highest BCUT2D eigenvalue weighted by Gasteiger charge is 2.42. The van der Waals surface area contributed by atoms with Crippen molar-refractivity contribution in [1.29, 1.82) is 0 Å². The van der Waals surface area contributed by atoms with Gasteiger partial charge in [0.2, 0.25) is 11.8 Å². The standard InChI is InChI=1S/C22H21N5O7S/c1-4-33-22(30)26-10-9-25-19-17(35-21(25)26)11-16(23-12(2)28)20(18(19)24-13(3)29)34-15-7-5-14(6-8-15)27(31)32/h5-11,21H,4H2,1-3H3,(H,23,28)(H,24,29). The molecule has 0 aromatic heterocycles. The second-order valence-corrected chi connectivity index (χ2v) is 8.54. The van der Waals surface area contributed by atoms with Gasteiger partial charge in [-0.15, -0.1) is 0 Å². The first-order chi connectivity index (χ1) is 16.7. The molecule has 182 valence electrons. The second-order valence-electron chi connectivity index (χ2n) is 7.45. The van der Waals surface area contributed by atoms with Crippen molar-refractivity contribution in [3.63, 3.8) is 0 Å². The minimum atomic E-state index is -0.531. The number of thioether (sulfide) groups is 1. The lowest BCUT2D eigenvalue weighted by atomic mass is 10.1. The molecule has 2 aliphatic rings. The van der Waals surface area contributed by atoms with Crippen molar-refractivity contribution >= 4 is 52.4 Å². The van der Waals surface area contributed by atoms with Crippen LogP contribution in [0.25, 0.3) is 0 Å². The molecule has 2 aromatic carbocycles. The van der Waals surface area contributed by atoms with Crippen LogP contribution in [0.15, 0.2) is 47.6 Å². The van der Waals surface area contributed by atoms with Crippen molar-refractivity contribution in [1.82, 2.24) is 4.90 Å². The predicted octanol–water partition coefficient (Wildman–Crippen LogP) is 4.44. The number of nitrogens with one attached hydrogen (secondary N) is 2. The van der Waals surface area contributed by atoms with Gasteiger partial charge in [0, 0.05) is 43.3 Å². The van der Waals surface area contributed by atoms with Crippen LogP contribution in [-0.2, 0) is 14.3 Å². The van der Waals surface area contributed by atoms with Crippen molar-refractivity contribution in [2.75, 3.05) is 22.1 Å². The molecule has 2 aromatic rings. The Kier molecular flexibility index (Phi) is 6.51. The molecule has 35 heavy (non-hydrogen) atoms. The summed E-state index contributed by atoms with van der Waals surface area (Å²) in [5.41, 5.74) is 0.484. The van der Waals surface area contributed by atoms with Crippen LogP contribution in [-0.4, -0.2) is 39.8 Å². The van der Waals surface area contributed by atoms with Gasteiger partial charge in [-0.2, -0.15) is 0 Å². The number of anilines is 3. The molecule has 12 nitrogen and oxygen atoms in total. The number of hydrogen-bond donors (Lipinski definition) is 2. The fourth-order valence-corrected chi connectivity index (χ4v) is 4.89. The van der Waals surface area contributed by atoms with Crippen LogP contribution in [0.2, 0.25) is 0 Å². The van der Waals surface area contributed by atoms with Gasteiger partial charge >= 0.3 is 6.09 Å². The lowest BCUT2D eigenvalue weighted by Crippen LogP contribution is -2.37. The number of ether oxygens (including phenoxy) is 2. The molecular weight excluding hydrogens is 478 g/mol. The van der Waals surface area contributed by atoms with Gasteiger partial charge in [-0.25, -0.2) is 4.79 Å². The van der Waals surface area contributed by atoms with Gasteiger partial charge in [0.05, 0.1) is 22.9 Å². The SMILES string of the molecule is CCOC(=O)N1C=CN2c3c(cc(NC(C)=O)c(Oc4ccc([N+](=O)[O-])cc4)c3NC(C)=O)SC12. The van der Waals surface area contributed by atoms with Crippen molar-refractivity contribution in [2.24, 2.45) is 0 Å². The summed E-state index contributed by atoms with van der Waals surface area (Å²) < 4.78 is 11.2. The predicted molar refractivity (Wildman–Crippen MR) is 128 cm³/mol. The number of nitro groups is 1. The van der Waals surface area contributed by atoms with E-state index in [0.717, 1.165) is 0 Å². The number of benzene rings is 2. The lowest BCUT2D eigenvalue weighted by Gasteiger charge is -2.25. The minimum absolute atomic E-state index is 0.115. The quantitative estimate of drug-likeness (QED) is 0.435. The monoisotopic (exact) mass is 499 g/mol. The van der Waals surface area contributed by atoms with Crippen LogP contribution in [0.3, 0.4) is 0 Å². The third kappa shape index (κ3) is 4.71. The Balaban J connectivity index is 1.81. The Bertz CT molecular complexity index is 1250. The second kappa shape index (κ2) is 9.54. The van der Waals surface area contributed by atoms with Crippen molar-refractivity contribution < 1.29 is 28.8 Å². The molecule has 13 heteroatoms. The van der Waals surface area contributed by atoms with Gasteiger partial charge in [-0.05, 0) is 25.1 Å². The Morgan fingerprint density at radius 3 is 2.40 bits per heavy atom. The number of carbonyl (C=O) groups excluding carboxylic acids is 3. The summed E-state index contributed by atoms with van der Waals surface area (Å²) in [4.78, 5) is 50.9. The van der Waals surface area contributed by atoms with Gasteiger partial charge in [-0.1, -0.05) is 11.8 Å².